The first-order valence-electron chi connectivity index (χ1n) is 4.20. The number of fused-ring (bicyclic) bond motifs is 1. The molecule has 1 heterocycles. The Labute approximate surface area is 90.2 Å². The van der Waals surface area contributed by atoms with E-state index in [0.717, 1.165) is 17.2 Å². The number of hydrogen-bond acceptors (Lipinski definition) is 2. The molecule has 0 aliphatic heterocycles. The van der Waals surface area contributed by atoms with Crippen LogP contribution in [0.3, 0.4) is 0 Å². The molecular formula is C10H7ClN2O2. The van der Waals surface area contributed by atoms with E-state index in [1.807, 2.05) is 0 Å². The number of benzene rings is 1. The average Bonchev–Trinajstić information content (AvgIpc) is 2.63. The fourth-order valence-corrected chi connectivity index (χ4v) is 1.57. The molecular weight excluding hydrogens is 216 g/mol. The van der Waals surface area contributed by atoms with Gasteiger partial charge in [0, 0.05) is 6.08 Å². The maximum absolute atomic E-state index is 10.3. The molecule has 0 unspecified atom stereocenters. The number of imidazole rings is 1. The molecule has 2 rings (SSSR count). The van der Waals surface area contributed by atoms with Crippen molar-refractivity contribution in [3.8, 4) is 0 Å². The Morgan fingerprint density at radius 3 is 3.07 bits per heavy atom. The highest BCUT2D eigenvalue weighted by atomic mass is 35.5. The number of carboxylic acid groups (broad SMARTS) is 1. The first-order valence-corrected chi connectivity index (χ1v) is 4.58. The van der Waals surface area contributed by atoms with E-state index in [2.05, 4.69) is 9.97 Å². The first kappa shape index (κ1) is 9.73. The van der Waals surface area contributed by atoms with Gasteiger partial charge in [-0.15, -0.1) is 0 Å². The van der Waals surface area contributed by atoms with E-state index in [1.54, 1.807) is 18.5 Å². The minimum absolute atomic E-state index is 0.499. The Morgan fingerprint density at radius 2 is 2.33 bits per heavy atom. The van der Waals surface area contributed by atoms with Gasteiger partial charge in [0.15, 0.2) is 0 Å². The van der Waals surface area contributed by atoms with Crippen LogP contribution >= 0.6 is 11.6 Å². The molecule has 2 N–H and O–H groups in total. The molecule has 0 saturated heterocycles. The van der Waals surface area contributed by atoms with E-state index in [4.69, 9.17) is 16.7 Å². The maximum atomic E-state index is 10.3. The molecule has 2 aromatic rings. The molecule has 4 nitrogen and oxygen atoms in total. The van der Waals surface area contributed by atoms with Crippen molar-refractivity contribution in [3.05, 3.63) is 35.1 Å². The first-order chi connectivity index (χ1) is 7.16. The second kappa shape index (κ2) is 3.74. The third kappa shape index (κ3) is 1.99. The number of hydrogen-bond donors (Lipinski definition) is 2. The molecule has 0 fully saturated rings. The number of nitrogens with one attached hydrogen (secondary N) is 1. The number of aromatic amines is 1. The summed E-state index contributed by atoms with van der Waals surface area (Å²) in [4.78, 5) is 17.3. The largest absolute Gasteiger partial charge is 0.478 e. The highest BCUT2D eigenvalue weighted by Crippen LogP contribution is 2.22. The predicted molar refractivity (Wildman–Crippen MR) is 57.8 cm³/mol. The molecule has 1 aromatic heterocycles. The number of aromatic nitrogens is 2. The van der Waals surface area contributed by atoms with Crippen LogP contribution in [0.1, 0.15) is 5.56 Å². The summed E-state index contributed by atoms with van der Waals surface area (Å²) in [6.45, 7) is 0. The lowest BCUT2D eigenvalue weighted by Gasteiger charge is -1.96. The third-order valence-corrected chi connectivity index (χ3v) is 2.21. The van der Waals surface area contributed by atoms with Crippen LogP contribution in [-0.4, -0.2) is 21.0 Å². The summed E-state index contributed by atoms with van der Waals surface area (Å²) in [5.74, 6) is -0.990. The zero-order valence-corrected chi connectivity index (χ0v) is 8.32. The number of aliphatic carboxylic acids is 1. The van der Waals surface area contributed by atoms with Crippen molar-refractivity contribution in [1.29, 1.82) is 0 Å². The molecule has 0 spiro atoms. The predicted octanol–water partition coefficient (Wildman–Crippen LogP) is 2.31. The Hall–Kier alpha value is -1.81. The minimum Gasteiger partial charge on any atom is -0.478 e. The van der Waals surface area contributed by atoms with E-state index in [9.17, 15) is 4.79 Å². The molecule has 0 aliphatic rings. The summed E-state index contributed by atoms with van der Waals surface area (Å²) in [5.41, 5.74) is 2.19. The second-order valence-electron chi connectivity index (χ2n) is 2.97. The number of H-pyrrole nitrogens is 1. The lowest BCUT2D eigenvalue weighted by molar-refractivity contribution is -0.131. The van der Waals surface area contributed by atoms with Gasteiger partial charge in [0.05, 0.1) is 16.9 Å². The normalized spacial score (nSPS) is 11.3. The van der Waals surface area contributed by atoms with Crippen molar-refractivity contribution in [2.45, 2.75) is 0 Å². The van der Waals surface area contributed by atoms with E-state index >= 15 is 0 Å². The Balaban J connectivity index is 2.49. The van der Waals surface area contributed by atoms with Gasteiger partial charge in [0.2, 0.25) is 0 Å². The van der Waals surface area contributed by atoms with Gasteiger partial charge in [-0.25, -0.2) is 9.78 Å². The summed E-state index contributed by atoms with van der Waals surface area (Å²) >= 11 is 5.96. The van der Waals surface area contributed by atoms with E-state index in [1.165, 1.54) is 6.08 Å². The molecule has 0 aliphatic carbocycles. The van der Waals surface area contributed by atoms with Gasteiger partial charge in [-0.3, -0.25) is 0 Å². The van der Waals surface area contributed by atoms with Crippen LogP contribution in [0, 0.1) is 0 Å². The van der Waals surface area contributed by atoms with Crippen LogP contribution in [0.25, 0.3) is 17.1 Å². The molecule has 15 heavy (non-hydrogen) atoms. The lowest BCUT2D eigenvalue weighted by Crippen LogP contribution is -1.85. The maximum Gasteiger partial charge on any atom is 0.328 e. The van der Waals surface area contributed by atoms with Crippen LogP contribution in [0.5, 0.6) is 0 Å². The molecule has 0 saturated carbocycles. The number of carboxylic acids is 1. The number of nitrogens with zero attached hydrogens (tertiary/aromatic N) is 1. The Morgan fingerprint density at radius 1 is 1.53 bits per heavy atom. The van der Waals surface area contributed by atoms with Gasteiger partial charge >= 0.3 is 5.97 Å². The minimum atomic E-state index is -0.990. The highest BCUT2D eigenvalue weighted by molar-refractivity contribution is 6.35. The fourth-order valence-electron chi connectivity index (χ4n) is 1.29. The van der Waals surface area contributed by atoms with Crippen LogP contribution in [0.15, 0.2) is 24.5 Å². The molecule has 0 amide bonds. The third-order valence-electron chi connectivity index (χ3n) is 1.92. The van der Waals surface area contributed by atoms with Crippen LogP contribution in [-0.2, 0) is 4.79 Å². The standard InChI is InChI=1S/C10H7ClN2O2/c11-7-3-6(1-2-9(14)15)4-8-10(7)13-5-12-8/h1-5H,(H,12,13)(H,14,15)/b2-1+. The molecule has 0 bridgehead atoms. The van der Waals surface area contributed by atoms with Crippen LogP contribution < -0.4 is 0 Å². The molecule has 0 atom stereocenters. The van der Waals surface area contributed by atoms with Gasteiger partial charge in [-0.05, 0) is 23.8 Å². The van der Waals surface area contributed by atoms with E-state index in [0.29, 0.717) is 10.5 Å². The van der Waals surface area contributed by atoms with E-state index in [-0.39, 0.29) is 0 Å². The zero-order chi connectivity index (χ0) is 10.8. The van der Waals surface area contributed by atoms with Crippen molar-refractivity contribution < 1.29 is 9.90 Å². The summed E-state index contributed by atoms with van der Waals surface area (Å²) in [6, 6.07) is 3.46. The van der Waals surface area contributed by atoms with Crippen molar-refractivity contribution in [3.63, 3.8) is 0 Å². The second-order valence-corrected chi connectivity index (χ2v) is 3.38. The number of carbonyl (C=O) groups is 1. The summed E-state index contributed by atoms with van der Waals surface area (Å²) in [7, 11) is 0. The SMILES string of the molecule is O=C(O)/C=C/c1cc(Cl)c2nc[nH]c2c1. The van der Waals surface area contributed by atoms with Crippen molar-refractivity contribution in [2.24, 2.45) is 0 Å². The van der Waals surface area contributed by atoms with Crippen LogP contribution in [0.2, 0.25) is 5.02 Å². The van der Waals surface area contributed by atoms with Crippen molar-refractivity contribution in [1.82, 2.24) is 9.97 Å². The monoisotopic (exact) mass is 222 g/mol. The molecule has 1 aromatic carbocycles. The quantitative estimate of drug-likeness (QED) is 0.767. The average molecular weight is 223 g/mol. The molecule has 5 heteroatoms. The lowest BCUT2D eigenvalue weighted by atomic mass is 10.2. The van der Waals surface area contributed by atoms with Crippen LogP contribution in [0.4, 0.5) is 0 Å². The zero-order valence-electron chi connectivity index (χ0n) is 7.57. The Bertz CT molecular complexity index is 545. The smallest absolute Gasteiger partial charge is 0.328 e. The topological polar surface area (TPSA) is 66.0 Å². The van der Waals surface area contributed by atoms with Crippen molar-refractivity contribution in [2.75, 3.05) is 0 Å². The van der Waals surface area contributed by atoms with Gasteiger partial charge in [-0.1, -0.05) is 11.6 Å². The number of rotatable bonds is 2. The number of halogens is 1. The van der Waals surface area contributed by atoms with Gasteiger partial charge < -0.3 is 10.1 Å². The summed E-state index contributed by atoms with van der Waals surface area (Å²) < 4.78 is 0. The molecule has 0 radical (unpaired) electrons. The van der Waals surface area contributed by atoms with Gasteiger partial charge in [-0.2, -0.15) is 0 Å². The van der Waals surface area contributed by atoms with E-state index < -0.39 is 5.97 Å². The summed E-state index contributed by atoms with van der Waals surface area (Å²) in [5, 5.41) is 8.98. The van der Waals surface area contributed by atoms with Crippen molar-refractivity contribution >= 4 is 34.7 Å². The highest BCUT2D eigenvalue weighted by Gasteiger charge is 2.02. The molecule has 76 valence electrons. The Kier molecular flexibility index (Phi) is 2.43. The fraction of sp³-hybridized carbons (Fsp3) is 0. The summed E-state index contributed by atoms with van der Waals surface area (Å²) in [6.07, 6.45) is 4.09. The van der Waals surface area contributed by atoms with Gasteiger partial charge in [0.25, 0.3) is 0 Å². The van der Waals surface area contributed by atoms with Gasteiger partial charge in [0.1, 0.15) is 5.52 Å².